The lowest BCUT2D eigenvalue weighted by Crippen LogP contribution is -2.33. The summed E-state index contributed by atoms with van der Waals surface area (Å²) in [4.78, 5) is 32.4. The molecule has 0 radical (unpaired) electrons. The molecule has 1 unspecified atom stereocenters. The van der Waals surface area contributed by atoms with Crippen LogP contribution in [0.2, 0.25) is 0 Å². The molecule has 2 N–H and O–H groups in total. The number of halogens is 8. The molecule has 1 fully saturated rings. The second-order valence-electron chi connectivity index (χ2n) is 9.96. The lowest BCUT2D eigenvalue weighted by molar-refractivity contribution is -0.139. The van der Waals surface area contributed by atoms with Gasteiger partial charge in [-0.05, 0) is 53.2 Å². The number of pyridine rings is 1. The van der Waals surface area contributed by atoms with Crippen LogP contribution in [0.1, 0.15) is 36.8 Å². The number of aromatic amines is 1. The first-order valence-corrected chi connectivity index (χ1v) is 13.3. The van der Waals surface area contributed by atoms with Gasteiger partial charge in [-0.2, -0.15) is 31.4 Å². The van der Waals surface area contributed by atoms with Crippen LogP contribution >= 0.6 is 15.9 Å². The number of hydrogen-bond donors (Lipinski definition) is 2. The summed E-state index contributed by atoms with van der Waals surface area (Å²) in [5.41, 5.74) is -4.95. The fourth-order valence-corrected chi connectivity index (χ4v) is 5.74. The average molecular weight is 661 g/mol. The summed E-state index contributed by atoms with van der Waals surface area (Å²) in [6, 6.07) is 1.83. The first-order chi connectivity index (χ1) is 19.7. The highest BCUT2D eigenvalue weighted by molar-refractivity contribution is 9.10. The normalized spacial score (nSPS) is 17.9. The number of rotatable bonds is 5. The minimum Gasteiger partial charge on any atom is -0.380 e. The van der Waals surface area contributed by atoms with Gasteiger partial charge in [0.1, 0.15) is 11.4 Å². The third kappa shape index (κ3) is 6.03. The van der Waals surface area contributed by atoms with Gasteiger partial charge in [-0.3, -0.25) is 9.59 Å². The largest absolute Gasteiger partial charge is 0.423 e. The van der Waals surface area contributed by atoms with Gasteiger partial charge in [-0.25, -0.2) is 19.5 Å². The molecule has 3 aromatic heterocycles. The van der Waals surface area contributed by atoms with E-state index in [2.05, 4.69) is 36.3 Å². The number of benzene rings is 1. The molecule has 42 heavy (non-hydrogen) atoms. The molecule has 4 aromatic rings. The molecule has 1 saturated carbocycles. The fraction of sp³-hybridized carbons (Fsp3) is 0.346. The van der Waals surface area contributed by atoms with Crippen molar-refractivity contribution >= 4 is 32.4 Å². The summed E-state index contributed by atoms with van der Waals surface area (Å²) in [5.74, 6) is -1.33. The zero-order valence-corrected chi connectivity index (χ0v) is 22.9. The fourth-order valence-electron chi connectivity index (χ4n) is 5.16. The number of nitrogens with zero attached hydrogens (tertiary/aromatic N) is 4. The van der Waals surface area contributed by atoms with Gasteiger partial charge in [-0.1, -0.05) is 6.42 Å². The number of aromatic nitrogens is 5. The quantitative estimate of drug-likeness (QED) is 0.249. The molecule has 1 aliphatic carbocycles. The number of anilines is 1. The van der Waals surface area contributed by atoms with E-state index in [0.717, 1.165) is 12.3 Å². The molecule has 0 amide bonds. The van der Waals surface area contributed by atoms with Crippen LogP contribution in [0, 0.1) is 11.7 Å². The van der Waals surface area contributed by atoms with Crippen molar-refractivity contribution in [3.8, 4) is 11.4 Å². The minimum absolute atomic E-state index is 0.00688. The Balaban J connectivity index is 1.39. The summed E-state index contributed by atoms with van der Waals surface area (Å²) in [5, 5.41) is 8.35. The Morgan fingerprint density at radius 3 is 2.38 bits per heavy atom. The van der Waals surface area contributed by atoms with Gasteiger partial charge in [0.25, 0.3) is 11.1 Å². The van der Waals surface area contributed by atoms with Gasteiger partial charge < -0.3 is 9.88 Å². The zero-order chi connectivity index (χ0) is 30.4. The molecule has 3 heterocycles. The number of alkyl halides is 6. The molecule has 0 spiro atoms. The maximum Gasteiger partial charge on any atom is 0.423 e. The van der Waals surface area contributed by atoms with Gasteiger partial charge in [0.05, 0.1) is 28.4 Å². The third-order valence-corrected chi connectivity index (χ3v) is 7.71. The minimum atomic E-state index is -4.88. The molecule has 16 heteroatoms. The SMILES string of the molecule is O=c1[nH]ncc(N[C@H]2CCCC(Cn3cc(Br)c4cc(-c5ncc(C(F)(F)F)cn5)c(F)cc4c3=O)C2)c1C(F)(F)F. The number of H-pyrrole nitrogens is 1. The van der Waals surface area contributed by atoms with Crippen LogP contribution in [0.25, 0.3) is 22.2 Å². The predicted octanol–water partition coefficient (Wildman–Crippen LogP) is 6.15. The van der Waals surface area contributed by atoms with Gasteiger partial charge in [0, 0.05) is 41.0 Å². The number of fused-ring (bicyclic) bond motifs is 1. The first kappa shape index (κ1) is 29.7. The Morgan fingerprint density at radius 1 is 1.00 bits per heavy atom. The van der Waals surface area contributed by atoms with Crippen molar-refractivity contribution in [2.24, 2.45) is 5.92 Å². The molecule has 1 aromatic carbocycles. The van der Waals surface area contributed by atoms with Gasteiger partial charge in [-0.15, -0.1) is 0 Å². The van der Waals surface area contributed by atoms with E-state index in [1.54, 1.807) is 5.10 Å². The Bertz CT molecular complexity index is 1750. The molecule has 222 valence electrons. The van der Waals surface area contributed by atoms with Crippen molar-refractivity contribution in [3.63, 3.8) is 0 Å². The first-order valence-electron chi connectivity index (χ1n) is 12.6. The van der Waals surface area contributed by atoms with Crippen LogP contribution in [0.4, 0.5) is 36.4 Å². The van der Waals surface area contributed by atoms with Crippen LogP contribution in [0.5, 0.6) is 0 Å². The smallest absolute Gasteiger partial charge is 0.380 e. The highest BCUT2D eigenvalue weighted by Gasteiger charge is 2.38. The molecule has 1 aliphatic rings. The van der Waals surface area contributed by atoms with E-state index in [1.807, 2.05) is 0 Å². The summed E-state index contributed by atoms with van der Waals surface area (Å²) < 4.78 is 95.7. The lowest BCUT2D eigenvalue weighted by Gasteiger charge is -2.31. The Kier molecular flexibility index (Phi) is 7.85. The van der Waals surface area contributed by atoms with Crippen molar-refractivity contribution in [3.05, 3.63) is 79.0 Å². The Morgan fingerprint density at radius 2 is 1.71 bits per heavy atom. The van der Waals surface area contributed by atoms with Crippen molar-refractivity contribution in [1.82, 2.24) is 24.7 Å². The summed E-state index contributed by atoms with van der Waals surface area (Å²) in [6.45, 7) is 0.191. The lowest BCUT2D eigenvalue weighted by atomic mass is 9.85. The van der Waals surface area contributed by atoms with E-state index in [9.17, 15) is 35.9 Å². The molecule has 0 bridgehead atoms. The maximum atomic E-state index is 15.1. The van der Waals surface area contributed by atoms with Crippen LogP contribution in [0.15, 0.2) is 51.0 Å². The van der Waals surface area contributed by atoms with Gasteiger partial charge in [0.15, 0.2) is 5.82 Å². The van der Waals surface area contributed by atoms with E-state index in [1.165, 1.54) is 16.8 Å². The average Bonchev–Trinajstić information content (AvgIpc) is 2.90. The van der Waals surface area contributed by atoms with Crippen molar-refractivity contribution in [2.45, 2.75) is 50.6 Å². The molecule has 0 aliphatic heterocycles. The van der Waals surface area contributed by atoms with Crippen LogP contribution in [0.3, 0.4) is 0 Å². The molecule has 0 saturated heterocycles. The van der Waals surface area contributed by atoms with E-state index in [0.29, 0.717) is 47.9 Å². The summed E-state index contributed by atoms with van der Waals surface area (Å²) in [6.07, 6.45) is -3.78. The van der Waals surface area contributed by atoms with Crippen molar-refractivity contribution < 1.29 is 30.7 Å². The van der Waals surface area contributed by atoms with E-state index >= 15 is 4.39 Å². The number of nitrogens with one attached hydrogen (secondary N) is 2. The predicted molar refractivity (Wildman–Crippen MR) is 141 cm³/mol. The van der Waals surface area contributed by atoms with Gasteiger partial charge >= 0.3 is 12.4 Å². The van der Waals surface area contributed by atoms with Crippen molar-refractivity contribution in [2.75, 3.05) is 5.32 Å². The second-order valence-corrected chi connectivity index (χ2v) is 10.8. The zero-order valence-electron chi connectivity index (χ0n) is 21.3. The Hall–Kier alpha value is -3.82. The van der Waals surface area contributed by atoms with Crippen LogP contribution in [-0.4, -0.2) is 30.8 Å². The summed E-state index contributed by atoms with van der Waals surface area (Å²) in [7, 11) is 0. The Labute approximate surface area is 240 Å². The standard InChI is InChI=1S/C26H20BrF7N6O2/c27-18-11-40(10-12-2-1-3-14(4-12)38-20-9-37-39-23(41)21(20)26(32,33)34)24(42)16-6-19(28)17(5-15(16)18)22-35-7-13(8-36-22)25(29,30)31/h5-9,11-12,14H,1-4,10H2,(H2,38,39,41)/t12?,14-/m0/s1. The molecular formula is C26H20BrF7N6O2. The molecule has 2 atom stereocenters. The highest BCUT2D eigenvalue weighted by atomic mass is 79.9. The second kappa shape index (κ2) is 11.1. The van der Waals surface area contributed by atoms with E-state index in [4.69, 9.17) is 0 Å². The molecular weight excluding hydrogens is 641 g/mol. The molecule has 8 nitrogen and oxygen atoms in total. The third-order valence-electron chi connectivity index (χ3n) is 7.08. The van der Waals surface area contributed by atoms with E-state index < -0.39 is 52.1 Å². The molecule has 5 rings (SSSR count). The van der Waals surface area contributed by atoms with E-state index in [-0.39, 0.29) is 29.2 Å². The topological polar surface area (TPSA) is 106 Å². The summed E-state index contributed by atoms with van der Waals surface area (Å²) >= 11 is 3.37. The highest BCUT2D eigenvalue weighted by Crippen LogP contribution is 2.35. The van der Waals surface area contributed by atoms with Gasteiger partial charge in [0.2, 0.25) is 0 Å². The number of hydrogen-bond acceptors (Lipinski definition) is 6. The van der Waals surface area contributed by atoms with Crippen LogP contribution in [-0.2, 0) is 18.9 Å². The maximum absolute atomic E-state index is 15.1. The monoisotopic (exact) mass is 660 g/mol. The van der Waals surface area contributed by atoms with Crippen LogP contribution < -0.4 is 16.4 Å². The van der Waals surface area contributed by atoms with Crippen molar-refractivity contribution in [1.29, 1.82) is 0 Å².